The molecule has 0 saturated carbocycles. The summed E-state index contributed by atoms with van der Waals surface area (Å²) in [5.41, 5.74) is 3.55. The third-order valence-electron chi connectivity index (χ3n) is 4.11. The van der Waals surface area contributed by atoms with Crippen LogP contribution < -0.4 is 4.74 Å². The van der Waals surface area contributed by atoms with E-state index in [0.717, 1.165) is 34.2 Å². The van der Waals surface area contributed by atoms with Crippen LogP contribution in [0, 0.1) is 6.92 Å². The number of hydrogen-bond acceptors (Lipinski definition) is 5. The zero-order valence-electron chi connectivity index (χ0n) is 14.2. The van der Waals surface area contributed by atoms with Gasteiger partial charge < -0.3 is 4.74 Å². The number of carbonyl (C=O) groups excluding carboxylic acids is 1. The van der Waals surface area contributed by atoms with Gasteiger partial charge in [-0.2, -0.15) is 0 Å². The number of ether oxygens (including phenoxy) is 1. The zero-order valence-corrected chi connectivity index (χ0v) is 15.0. The van der Waals surface area contributed by atoms with Gasteiger partial charge in [-0.3, -0.25) is 14.4 Å². The minimum Gasteiger partial charge on any atom is -0.427 e. The van der Waals surface area contributed by atoms with Gasteiger partial charge in [-0.05, 0) is 49.4 Å². The lowest BCUT2D eigenvalue weighted by molar-refractivity contribution is -0.131. The van der Waals surface area contributed by atoms with Gasteiger partial charge in [-0.15, -0.1) is 10.2 Å². The Bertz CT molecular complexity index is 1040. The maximum absolute atomic E-state index is 11.1. The minimum atomic E-state index is -0.352. The van der Waals surface area contributed by atoms with Gasteiger partial charge in [0.15, 0.2) is 5.82 Å². The molecule has 0 bridgehead atoms. The van der Waals surface area contributed by atoms with Crippen LogP contribution in [-0.2, 0) is 11.3 Å². The van der Waals surface area contributed by atoms with Crippen LogP contribution >= 0.6 is 11.6 Å². The number of rotatable bonds is 2. The Hall–Kier alpha value is -2.99. The quantitative estimate of drug-likeness (QED) is 0.514. The van der Waals surface area contributed by atoms with Crippen LogP contribution in [0.3, 0.4) is 0 Å². The van der Waals surface area contributed by atoms with Crippen LogP contribution in [-0.4, -0.2) is 26.4 Å². The number of aliphatic imine (C=N–C) groups is 1. The van der Waals surface area contributed by atoms with Gasteiger partial charge >= 0.3 is 5.97 Å². The molecule has 2 heterocycles. The lowest BCUT2D eigenvalue weighted by atomic mass is 10.0. The number of esters is 1. The smallest absolute Gasteiger partial charge is 0.308 e. The summed E-state index contributed by atoms with van der Waals surface area (Å²) in [6.07, 6.45) is 0. The van der Waals surface area contributed by atoms with Gasteiger partial charge in [0.05, 0.1) is 11.4 Å². The Morgan fingerprint density at radius 1 is 1.15 bits per heavy atom. The number of halogens is 1. The Labute approximate surface area is 155 Å². The lowest BCUT2D eigenvalue weighted by Gasteiger charge is -2.13. The Kier molecular flexibility index (Phi) is 4.05. The van der Waals surface area contributed by atoms with Crippen molar-refractivity contribution >= 4 is 23.3 Å². The largest absolute Gasteiger partial charge is 0.427 e. The van der Waals surface area contributed by atoms with E-state index in [-0.39, 0.29) is 5.97 Å². The molecule has 4 rings (SSSR count). The third-order valence-corrected chi connectivity index (χ3v) is 4.35. The summed E-state index contributed by atoms with van der Waals surface area (Å²) in [6.45, 7) is 3.70. The maximum atomic E-state index is 11.1. The van der Waals surface area contributed by atoms with Crippen molar-refractivity contribution in [1.29, 1.82) is 0 Å². The molecule has 7 heteroatoms. The van der Waals surface area contributed by atoms with Crippen LogP contribution in [0.25, 0.3) is 5.69 Å². The average molecular weight is 367 g/mol. The van der Waals surface area contributed by atoms with Crippen molar-refractivity contribution < 1.29 is 9.53 Å². The normalized spacial score (nSPS) is 12.7. The summed E-state index contributed by atoms with van der Waals surface area (Å²) in [7, 11) is 0. The summed E-state index contributed by atoms with van der Waals surface area (Å²) in [4.78, 5) is 15.8. The van der Waals surface area contributed by atoms with Gasteiger partial charge in [0.1, 0.15) is 18.1 Å². The maximum Gasteiger partial charge on any atom is 0.308 e. The molecule has 1 aliphatic heterocycles. The highest BCUT2D eigenvalue weighted by Crippen LogP contribution is 2.28. The van der Waals surface area contributed by atoms with E-state index < -0.39 is 0 Å². The van der Waals surface area contributed by atoms with Gasteiger partial charge in [0, 0.05) is 23.1 Å². The van der Waals surface area contributed by atoms with Crippen molar-refractivity contribution in [1.82, 2.24) is 14.8 Å². The van der Waals surface area contributed by atoms with Gasteiger partial charge in [0.2, 0.25) is 0 Å². The van der Waals surface area contributed by atoms with Crippen molar-refractivity contribution in [2.24, 2.45) is 4.99 Å². The molecule has 0 aliphatic carbocycles. The number of hydrogen-bond donors (Lipinski definition) is 0. The zero-order chi connectivity index (χ0) is 18.3. The van der Waals surface area contributed by atoms with E-state index in [1.165, 1.54) is 6.92 Å². The van der Waals surface area contributed by atoms with E-state index in [4.69, 9.17) is 21.3 Å². The fourth-order valence-corrected chi connectivity index (χ4v) is 3.22. The second-order valence-corrected chi connectivity index (χ2v) is 6.38. The van der Waals surface area contributed by atoms with Gasteiger partial charge in [-0.1, -0.05) is 11.6 Å². The molecule has 130 valence electrons. The summed E-state index contributed by atoms with van der Waals surface area (Å²) in [5.74, 6) is 1.72. The molecule has 1 aromatic heterocycles. The average Bonchev–Trinajstić information content (AvgIpc) is 2.88. The molecule has 26 heavy (non-hydrogen) atoms. The van der Waals surface area contributed by atoms with Crippen molar-refractivity contribution in [3.05, 3.63) is 70.3 Å². The molecule has 0 atom stereocenters. The minimum absolute atomic E-state index is 0.352. The van der Waals surface area contributed by atoms with E-state index in [0.29, 0.717) is 17.3 Å². The number of aryl methyl sites for hydroxylation is 1. The molecule has 0 amide bonds. The van der Waals surface area contributed by atoms with Crippen molar-refractivity contribution in [3.63, 3.8) is 0 Å². The van der Waals surface area contributed by atoms with Crippen molar-refractivity contribution in [3.8, 4) is 11.4 Å². The molecular formula is C19H15ClN4O2. The SMILES string of the molecule is CC(=O)Oc1ccc(C2=NCc3nnc(C)n3-c3ccc(Cl)cc32)cc1. The predicted molar refractivity (Wildman–Crippen MR) is 98.2 cm³/mol. The number of nitrogens with zero attached hydrogens (tertiary/aromatic N) is 4. The Morgan fingerprint density at radius 2 is 1.92 bits per heavy atom. The first-order valence-corrected chi connectivity index (χ1v) is 8.45. The van der Waals surface area contributed by atoms with E-state index in [9.17, 15) is 4.79 Å². The summed E-state index contributed by atoms with van der Waals surface area (Å²) < 4.78 is 7.10. The molecule has 0 saturated heterocycles. The van der Waals surface area contributed by atoms with E-state index in [2.05, 4.69) is 10.2 Å². The highest BCUT2D eigenvalue weighted by Gasteiger charge is 2.21. The second-order valence-electron chi connectivity index (χ2n) is 5.94. The Balaban J connectivity index is 1.84. The summed E-state index contributed by atoms with van der Waals surface area (Å²) >= 11 is 6.25. The predicted octanol–water partition coefficient (Wildman–Crippen LogP) is 3.51. The highest BCUT2D eigenvalue weighted by atomic mass is 35.5. The fraction of sp³-hybridized carbons (Fsp3) is 0.158. The molecule has 0 N–H and O–H groups in total. The first-order chi connectivity index (χ1) is 12.5. The topological polar surface area (TPSA) is 69.4 Å². The molecule has 0 unspecified atom stereocenters. The molecule has 6 nitrogen and oxygen atoms in total. The lowest BCUT2D eigenvalue weighted by Crippen LogP contribution is -2.08. The van der Waals surface area contributed by atoms with Crippen LogP contribution in [0.5, 0.6) is 5.75 Å². The monoisotopic (exact) mass is 366 g/mol. The van der Waals surface area contributed by atoms with Crippen molar-refractivity contribution in [2.75, 3.05) is 0 Å². The molecular weight excluding hydrogens is 352 g/mol. The van der Waals surface area contributed by atoms with E-state index in [1.807, 2.05) is 41.8 Å². The summed E-state index contributed by atoms with van der Waals surface area (Å²) in [5, 5.41) is 9.02. The molecule has 0 radical (unpaired) electrons. The van der Waals surface area contributed by atoms with Crippen LogP contribution in [0.2, 0.25) is 5.02 Å². The van der Waals surface area contributed by atoms with Gasteiger partial charge in [-0.25, -0.2) is 0 Å². The number of aromatic nitrogens is 3. The molecule has 2 aromatic carbocycles. The van der Waals surface area contributed by atoms with Crippen LogP contribution in [0.1, 0.15) is 29.7 Å². The second kappa shape index (κ2) is 6.38. The number of benzene rings is 2. The first-order valence-electron chi connectivity index (χ1n) is 8.07. The Morgan fingerprint density at radius 3 is 2.65 bits per heavy atom. The first kappa shape index (κ1) is 16.5. The van der Waals surface area contributed by atoms with Crippen LogP contribution in [0.4, 0.5) is 0 Å². The van der Waals surface area contributed by atoms with Crippen LogP contribution in [0.15, 0.2) is 47.5 Å². The van der Waals surface area contributed by atoms with E-state index in [1.54, 1.807) is 12.1 Å². The molecule has 0 spiro atoms. The molecule has 3 aromatic rings. The summed E-state index contributed by atoms with van der Waals surface area (Å²) in [6, 6.07) is 12.9. The third kappa shape index (κ3) is 2.88. The van der Waals surface area contributed by atoms with E-state index >= 15 is 0 Å². The number of carbonyl (C=O) groups is 1. The van der Waals surface area contributed by atoms with Gasteiger partial charge in [0.25, 0.3) is 0 Å². The standard InChI is InChI=1S/C19H15ClN4O2/c1-11-22-23-18-10-21-19(13-3-6-15(7-4-13)26-12(2)25)16-9-14(20)5-8-17(16)24(11)18/h3-9H,10H2,1-2H3. The fourth-order valence-electron chi connectivity index (χ4n) is 3.04. The van der Waals surface area contributed by atoms with Crippen molar-refractivity contribution in [2.45, 2.75) is 20.4 Å². The molecule has 0 fully saturated rings. The highest BCUT2D eigenvalue weighted by molar-refractivity contribution is 6.31. The number of fused-ring (bicyclic) bond motifs is 3. The molecule has 1 aliphatic rings.